The Balaban J connectivity index is 2.02. The first-order chi connectivity index (χ1) is 7.74. The molecule has 3 nitrogen and oxygen atoms in total. The topological polar surface area (TPSA) is 37.8 Å². The number of aromatic nitrogens is 2. The Kier molecular flexibility index (Phi) is 3.10. The third-order valence-electron chi connectivity index (χ3n) is 2.15. The Labute approximate surface area is 93.4 Å². The van der Waals surface area contributed by atoms with Crippen molar-refractivity contribution in [1.29, 1.82) is 0 Å². The highest BCUT2D eigenvalue weighted by Crippen LogP contribution is 2.07. The van der Waals surface area contributed by atoms with Gasteiger partial charge in [-0.3, -0.25) is 4.98 Å². The number of nitrogens with one attached hydrogen (secondary N) is 1. The number of hydrogen-bond acceptors (Lipinski definition) is 3. The van der Waals surface area contributed by atoms with Crippen molar-refractivity contribution in [2.75, 3.05) is 5.32 Å². The van der Waals surface area contributed by atoms with Gasteiger partial charge >= 0.3 is 0 Å². The summed E-state index contributed by atoms with van der Waals surface area (Å²) in [6.07, 6.45) is 1.76. The van der Waals surface area contributed by atoms with Crippen molar-refractivity contribution in [2.45, 2.75) is 13.5 Å². The van der Waals surface area contributed by atoms with Crippen LogP contribution in [0.5, 0.6) is 0 Å². The third-order valence-corrected chi connectivity index (χ3v) is 2.15. The smallest absolute Gasteiger partial charge is 0.214 e. The second-order valence-corrected chi connectivity index (χ2v) is 3.50. The van der Waals surface area contributed by atoms with Crippen LogP contribution in [0, 0.1) is 12.9 Å². The molecular weight excluding hydrogens is 205 g/mol. The van der Waals surface area contributed by atoms with E-state index in [0.717, 1.165) is 11.3 Å². The first-order valence-corrected chi connectivity index (χ1v) is 5.02. The fourth-order valence-corrected chi connectivity index (χ4v) is 1.41. The van der Waals surface area contributed by atoms with Gasteiger partial charge in [-0.2, -0.15) is 4.39 Å². The van der Waals surface area contributed by atoms with Crippen molar-refractivity contribution in [2.24, 2.45) is 0 Å². The molecule has 0 aromatic carbocycles. The largest absolute Gasteiger partial charge is 0.366 e. The molecule has 0 atom stereocenters. The SMILES string of the molecule is Cc1cc(CNc2cccc(F)n2)ccn1. The van der Waals surface area contributed by atoms with E-state index in [1.165, 1.54) is 6.07 Å². The summed E-state index contributed by atoms with van der Waals surface area (Å²) < 4.78 is 12.8. The maximum absolute atomic E-state index is 12.8. The van der Waals surface area contributed by atoms with Crippen molar-refractivity contribution >= 4 is 5.82 Å². The first kappa shape index (κ1) is 10.5. The lowest BCUT2D eigenvalue weighted by molar-refractivity contribution is 0.585. The van der Waals surface area contributed by atoms with Crippen molar-refractivity contribution in [1.82, 2.24) is 9.97 Å². The Hall–Kier alpha value is -1.97. The second-order valence-electron chi connectivity index (χ2n) is 3.50. The van der Waals surface area contributed by atoms with Crippen LogP contribution in [-0.4, -0.2) is 9.97 Å². The standard InChI is InChI=1S/C12H12FN3/c1-9-7-10(5-6-14-9)8-15-12-4-2-3-11(13)16-12/h2-7H,8H2,1H3,(H,15,16). The molecular formula is C12H12FN3. The van der Waals surface area contributed by atoms with Gasteiger partial charge in [-0.25, -0.2) is 4.98 Å². The lowest BCUT2D eigenvalue weighted by Crippen LogP contribution is -2.02. The molecule has 0 saturated carbocycles. The molecule has 0 aliphatic heterocycles. The maximum atomic E-state index is 12.8. The van der Waals surface area contributed by atoms with Gasteiger partial charge in [-0.05, 0) is 36.8 Å². The van der Waals surface area contributed by atoms with Gasteiger partial charge in [-0.1, -0.05) is 6.07 Å². The summed E-state index contributed by atoms with van der Waals surface area (Å²) in [5.41, 5.74) is 2.06. The summed E-state index contributed by atoms with van der Waals surface area (Å²) >= 11 is 0. The monoisotopic (exact) mass is 217 g/mol. The Morgan fingerprint density at radius 2 is 2.19 bits per heavy atom. The van der Waals surface area contributed by atoms with Crippen LogP contribution in [0.2, 0.25) is 0 Å². The molecule has 0 radical (unpaired) electrons. The van der Waals surface area contributed by atoms with E-state index in [9.17, 15) is 4.39 Å². The first-order valence-electron chi connectivity index (χ1n) is 5.02. The van der Waals surface area contributed by atoms with Gasteiger partial charge in [0.1, 0.15) is 5.82 Å². The molecule has 2 aromatic rings. The minimum absolute atomic E-state index is 0.476. The maximum Gasteiger partial charge on any atom is 0.214 e. The zero-order valence-corrected chi connectivity index (χ0v) is 8.94. The van der Waals surface area contributed by atoms with Crippen molar-refractivity contribution in [3.05, 3.63) is 53.7 Å². The molecule has 2 aromatic heterocycles. The van der Waals surface area contributed by atoms with Crippen LogP contribution in [-0.2, 0) is 6.54 Å². The summed E-state index contributed by atoms with van der Waals surface area (Å²) in [7, 11) is 0. The van der Waals surface area contributed by atoms with E-state index in [1.807, 2.05) is 19.1 Å². The molecule has 4 heteroatoms. The third kappa shape index (κ3) is 2.76. The number of nitrogens with zero attached hydrogens (tertiary/aromatic N) is 2. The number of rotatable bonds is 3. The van der Waals surface area contributed by atoms with E-state index in [4.69, 9.17) is 0 Å². The molecule has 2 heterocycles. The van der Waals surface area contributed by atoms with Crippen molar-refractivity contribution < 1.29 is 4.39 Å². The predicted molar refractivity (Wildman–Crippen MR) is 60.5 cm³/mol. The average molecular weight is 217 g/mol. The van der Waals surface area contributed by atoms with E-state index in [1.54, 1.807) is 18.3 Å². The highest BCUT2D eigenvalue weighted by atomic mass is 19.1. The lowest BCUT2D eigenvalue weighted by atomic mass is 10.2. The Bertz CT molecular complexity index is 440. The number of hydrogen-bond donors (Lipinski definition) is 1. The van der Waals surface area contributed by atoms with Crippen LogP contribution in [0.15, 0.2) is 36.5 Å². The fourth-order valence-electron chi connectivity index (χ4n) is 1.41. The van der Waals surface area contributed by atoms with E-state index >= 15 is 0 Å². The summed E-state index contributed by atoms with van der Waals surface area (Å²) in [4.78, 5) is 7.82. The molecule has 0 fully saturated rings. The molecule has 0 amide bonds. The van der Waals surface area contributed by atoms with Crippen LogP contribution in [0.25, 0.3) is 0 Å². The summed E-state index contributed by atoms with van der Waals surface area (Å²) in [5, 5.41) is 3.05. The fraction of sp³-hybridized carbons (Fsp3) is 0.167. The zero-order chi connectivity index (χ0) is 11.4. The van der Waals surface area contributed by atoms with Crippen LogP contribution in [0.1, 0.15) is 11.3 Å². The van der Waals surface area contributed by atoms with Crippen LogP contribution in [0.4, 0.5) is 10.2 Å². The number of anilines is 1. The molecule has 0 aliphatic rings. The predicted octanol–water partition coefficient (Wildman–Crippen LogP) is 2.54. The van der Waals surface area contributed by atoms with E-state index < -0.39 is 5.95 Å². The normalized spacial score (nSPS) is 10.1. The molecule has 16 heavy (non-hydrogen) atoms. The summed E-state index contributed by atoms with van der Waals surface area (Å²) in [5.74, 6) is 0.0605. The second kappa shape index (κ2) is 4.70. The van der Waals surface area contributed by atoms with E-state index in [2.05, 4.69) is 15.3 Å². The van der Waals surface area contributed by atoms with Gasteiger partial charge in [-0.15, -0.1) is 0 Å². The summed E-state index contributed by atoms with van der Waals surface area (Å²) in [6.45, 7) is 2.55. The molecule has 0 unspecified atom stereocenters. The molecule has 0 aliphatic carbocycles. The summed E-state index contributed by atoms with van der Waals surface area (Å²) in [6, 6.07) is 8.58. The van der Waals surface area contributed by atoms with Gasteiger partial charge in [0.25, 0.3) is 0 Å². The lowest BCUT2D eigenvalue weighted by Gasteiger charge is -2.05. The van der Waals surface area contributed by atoms with Gasteiger partial charge in [0, 0.05) is 18.4 Å². The van der Waals surface area contributed by atoms with Gasteiger partial charge in [0.05, 0.1) is 0 Å². The Morgan fingerprint density at radius 1 is 1.31 bits per heavy atom. The Morgan fingerprint density at radius 3 is 2.94 bits per heavy atom. The van der Waals surface area contributed by atoms with Gasteiger partial charge in [0.2, 0.25) is 5.95 Å². The molecule has 82 valence electrons. The van der Waals surface area contributed by atoms with Crippen LogP contribution >= 0.6 is 0 Å². The van der Waals surface area contributed by atoms with E-state index in [-0.39, 0.29) is 0 Å². The van der Waals surface area contributed by atoms with E-state index in [0.29, 0.717) is 12.4 Å². The average Bonchev–Trinajstić information content (AvgIpc) is 2.27. The molecule has 0 spiro atoms. The quantitative estimate of drug-likeness (QED) is 0.803. The highest BCUT2D eigenvalue weighted by Gasteiger charge is 1.97. The minimum Gasteiger partial charge on any atom is -0.366 e. The highest BCUT2D eigenvalue weighted by molar-refractivity contribution is 5.35. The van der Waals surface area contributed by atoms with Crippen molar-refractivity contribution in [3.8, 4) is 0 Å². The number of pyridine rings is 2. The minimum atomic E-state index is -0.476. The molecule has 0 saturated heterocycles. The molecule has 2 rings (SSSR count). The number of aryl methyl sites for hydroxylation is 1. The molecule has 1 N–H and O–H groups in total. The van der Waals surface area contributed by atoms with Crippen LogP contribution in [0.3, 0.4) is 0 Å². The zero-order valence-electron chi connectivity index (χ0n) is 8.94. The van der Waals surface area contributed by atoms with Gasteiger partial charge in [0.15, 0.2) is 0 Å². The van der Waals surface area contributed by atoms with Crippen molar-refractivity contribution in [3.63, 3.8) is 0 Å². The molecule has 0 bridgehead atoms. The number of halogens is 1. The van der Waals surface area contributed by atoms with Gasteiger partial charge < -0.3 is 5.32 Å². The van der Waals surface area contributed by atoms with Crippen LogP contribution < -0.4 is 5.32 Å².